The van der Waals surface area contributed by atoms with Crippen molar-refractivity contribution < 1.29 is 13.5 Å². The molecule has 4 aliphatic heterocycles. The fraction of sp³-hybridized carbons (Fsp3) is 0.514. The normalized spacial score (nSPS) is 22.4. The molecule has 0 amide bonds. The second kappa shape index (κ2) is 11.5. The van der Waals surface area contributed by atoms with Crippen LogP contribution in [0.2, 0.25) is 0 Å². The molecule has 0 aliphatic carbocycles. The molecule has 232 valence electrons. The number of ether oxygens (including phenoxy) is 1. The number of nitrogens with zero attached hydrogens (tertiary/aromatic N) is 5. The van der Waals surface area contributed by atoms with Crippen molar-refractivity contribution in [3.8, 4) is 17.3 Å². The fourth-order valence-electron chi connectivity index (χ4n) is 8.01. The van der Waals surface area contributed by atoms with Crippen LogP contribution < -0.4 is 15.0 Å². The average molecular weight is 601 g/mol. The maximum atomic E-state index is 16.9. The summed E-state index contributed by atoms with van der Waals surface area (Å²) in [6.45, 7) is 12.2. The standard InChI is InChI=1S/C33H36F2N6O.C2H6/c1-19-17-41-22(16-36-19)9-11-25-27-30(38-32(39-31(27)41)42-18-33-12-4-14-40(33)15-5-13-33)28(35)29(37-25)23-7-3-6-21-8-10-24(34)20(2)26(21)23;1-2/h3,6-8,10,19,22,36H,4-5,9,11-18H2,1-2H3;1-2H3. The van der Waals surface area contributed by atoms with Gasteiger partial charge in [-0.2, -0.15) is 9.97 Å². The summed E-state index contributed by atoms with van der Waals surface area (Å²) in [5, 5.41) is 5.79. The molecular formula is C35H42F2N6O. The monoisotopic (exact) mass is 600 g/mol. The number of halogens is 2. The van der Waals surface area contributed by atoms with Crippen LogP contribution in [0.3, 0.4) is 0 Å². The van der Waals surface area contributed by atoms with Gasteiger partial charge in [-0.1, -0.05) is 38.1 Å². The average Bonchev–Trinajstić information content (AvgIpc) is 3.59. The van der Waals surface area contributed by atoms with Gasteiger partial charge in [-0.3, -0.25) is 4.90 Å². The van der Waals surface area contributed by atoms with Crippen LogP contribution in [0.25, 0.3) is 32.9 Å². The number of piperazine rings is 1. The summed E-state index contributed by atoms with van der Waals surface area (Å²) in [6, 6.07) is 9.53. The van der Waals surface area contributed by atoms with Crippen LogP contribution in [0.15, 0.2) is 30.3 Å². The zero-order valence-electron chi connectivity index (χ0n) is 26.2. The molecule has 2 unspecified atom stereocenters. The Morgan fingerprint density at radius 2 is 1.82 bits per heavy atom. The molecule has 4 aromatic rings. The highest BCUT2D eigenvalue weighted by atomic mass is 19.1. The number of benzene rings is 2. The molecule has 0 spiro atoms. The Morgan fingerprint density at radius 3 is 2.61 bits per heavy atom. The number of hydrogen-bond donors (Lipinski definition) is 1. The molecule has 3 saturated heterocycles. The Morgan fingerprint density at radius 1 is 1.02 bits per heavy atom. The molecule has 7 nitrogen and oxygen atoms in total. The maximum absolute atomic E-state index is 16.9. The topological polar surface area (TPSA) is 66.4 Å². The van der Waals surface area contributed by atoms with Crippen LogP contribution >= 0.6 is 0 Å². The molecule has 9 heteroatoms. The molecule has 44 heavy (non-hydrogen) atoms. The lowest BCUT2D eigenvalue weighted by atomic mass is 9.95. The summed E-state index contributed by atoms with van der Waals surface area (Å²) in [6.07, 6.45) is 6.09. The summed E-state index contributed by atoms with van der Waals surface area (Å²) < 4.78 is 38.0. The van der Waals surface area contributed by atoms with Crippen LogP contribution in [0.5, 0.6) is 6.01 Å². The van der Waals surface area contributed by atoms with Gasteiger partial charge in [0.05, 0.1) is 16.6 Å². The molecule has 0 radical (unpaired) electrons. The molecular weight excluding hydrogens is 558 g/mol. The van der Waals surface area contributed by atoms with Crippen molar-refractivity contribution >= 4 is 27.5 Å². The number of anilines is 1. The highest BCUT2D eigenvalue weighted by Crippen LogP contribution is 2.42. The van der Waals surface area contributed by atoms with Gasteiger partial charge in [0, 0.05) is 30.7 Å². The number of pyridine rings is 1. The van der Waals surface area contributed by atoms with Gasteiger partial charge < -0.3 is 15.0 Å². The van der Waals surface area contributed by atoms with E-state index in [9.17, 15) is 4.39 Å². The predicted molar refractivity (Wildman–Crippen MR) is 171 cm³/mol. The van der Waals surface area contributed by atoms with E-state index in [-0.39, 0.29) is 40.7 Å². The van der Waals surface area contributed by atoms with Gasteiger partial charge in [-0.05, 0) is 87.9 Å². The first-order valence-electron chi connectivity index (χ1n) is 16.4. The number of nitrogens with one attached hydrogen (secondary N) is 1. The summed E-state index contributed by atoms with van der Waals surface area (Å²) in [4.78, 5) is 19.6. The summed E-state index contributed by atoms with van der Waals surface area (Å²) in [5.74, 6) is -0.118. The molecule has 0 saturated carbocycles. The van der Waals surface area contributed by atoms with E-state index in [4.69, 9.17) is 19.7 Å². The highest BCUT2D eigenvalue weighted by Gasteiger charge is 2.45. The SMILES string of the molecule is CC.Cc1c(F)ccc2cccc(-c3nc4c5c(nc(OCC67CCCN6CCC7)nc5c3F)N3CC(C)NCC3CC4)c12. The van der Waals surface area contributed by atoms with Gasteiger partial charge in [0.15, 0.2) is 5.82 Å². The van der Waals surface area contributed by atoms with Gasteiger partial charge >= 0.3 is 6.01 Å². The van der Waals surface area contributed by atoms with E-state index in [2.05, 4.69) is 22.0 Å². The van der Waals surface area contributed by atoms with Gasteiger partial charge in [0.2, 0.25) is 0 Å². The van der Waals surface area contributed by atoms with Crippen molar-refractivity contribution in [1.82, 2.24) is 25.2 Å². The Hall–Kier alpha value is -3.43. The molecule has 2 aromatic carbocycles. The predicted octanol–water partition coefficient (Wildman–Crippen LogP) is 6.58. The minimum atomic E-state index is -0.512. The van der Waals surface area contributed by atoms with Crippen LogP contribution in [0, 0.1) is 18.6 Å². The number of rotatable bonds is 4. The second-order valence-corrected chi connectivity index (χ2v) is 12.7. The van der Waals surface area contributed by atoms with Crippen LogP contribution in [-0.4, -0.2) is 70.3 Å². The van der Waals surface area contributed by atoms with Crippen LogP contribution in [0.4, 0.5) is 14.6 Å². The molecule has 1 N–H and O–H groups in total. The number of aryl methyl sites for hydroxylation is 2. The molecule has 8 rings (SSSR count). The van der Waals surface area contributed by atoms with Gasteiger partial charge in [-0.15, -0.1) is 0 Å². The van der Waals surface area contributed by atoms with Crippen molar-refractivity contribution in [2.45, 2.75) is 83.8 Å². The highest BCUT2D eigenvalue weighted by molar-refractivity contribution is 6.01. The second-order valence-electron chi connectivity index (χ2n) is 12.7. The zero-order chi connectivity index (χ0) is 30.6. The van der Waals surface area contributed by atoms with Gasteiger partial charge in [-0.25, -0.2) is 13.8 Å². The molecule has 3 fully saturated rings. The lowest BCUT2D eigenvalue weighted by Gasteiger charge is -2.39. The van der Waals surface area contributed by atoms with Crippen molar-refractivity contribution in [3.05, 3.63) is 53.2 Å². The summed E-state index contributed by atoms with van der Waals surface area (Å²) in [5.41, 5.74) is 2.31. The smallest absolute Gasteiger partial charge is 0.319 e. The maximum Gasteiger partial charge on any atom is 0.319 e. The minimum absolute atomic E-state index is 0.0240. The Kier molecular flexibility index (Phi) is 7.65. The Balaban J connectivity index is 0.00000153. The third-order valence-corrected chi connectivity index (χ3v) is 10.2. The third-order valence-electron chi connectivity index (χ3n) is 10.2. The fourth-order valence-corrected chi connectivity index (χ4v) is 8.01. The van der Waals surface area contributed by atoms with Gasteiger partial charge in [0.1, 0.15) is 29.5 Å². The lowest BCUT2D eigenvalue weighted by Crippen LogP contribution is -2.55. The third kappa shape index (κ3) is 4.70. The van der Waals surface area contributed by atoms with Gasteiger partial charge in [0.25, 0.3) is 0 Å². The minimum Gasteiger partial charge on any atom is -0.461 e. The molecule has 0 bridgehead atoms. The molecule has 2 atom stereocenters. The van der Waals surface area contributed by atoms with Crippen molar-refractivity contribution in [2.75, 3.05) is 37.7 Å². The molecule has 2 aromatic heterocycles. The van der Waals surface area contributed by atoms with Crippen molar-refractivity contribution in [1.29, 1.82) is 0 Å². The molecule has 6 heterocycles. The largest absolute Gasteiger partial charge is 0.461 e. The first-order valence-corrected chi connectivity index (χ1v) is 16.4. The van der Waals surface area contributed by atoms with E-state index in [1.54, 1.807) is 13.0 Å². The Bertz CT molecular complexity index is 1720. The van der Waals surface area contributed by atoms with Crippen molar-refractivity contribution in [2.24, 2.45) is 0 Å². The zero-order valence-corrected chi connectivity index (χ0v) is 26.2. The number of fused-ring (bicyclic) bond motifs is 4. The van der Waals surface area contributed by atoms with E-state index in [0.29, 0.717) is 40.7 Å². The van der Waals surface area contributed by atoms with E-state index < -0.39 is 5.82 Å². The van der Waals surface area contributed by atoms with E-state index >= 15 is 4.39 Å². The van der Waals surface area contributed by atoms with E-state index in [1.165, 1.54) is 18.9 Å². The first-order chi connectivity index (χ1) is 21.4. The quantitative estimate of drug-likeness (QED) is 0.284. The van der Waals surface area contributed by atoms with E-state index in [0.717, 1.165) is 56.5 Å². The van der Waals surface area contributed by atoms with Crippen molar-refractivity contribution in [3.63, 3.8) is 0 Å². The lowest BCUT2D eigenvalue weighted by molar-refractivity contribution is 0.108. The number of hydrogen-bond acceptors (Lipinski definition) is 7. The van der Waals surface area contributed by atoms with Crippen LogP contribution in [0.1, 0.15) is 64.1 Å². The summed E-state index contributed by atoms with van der Waals surface area (Å²) >= 11 is 0. The molecule has 4 aliphatic rings. The summed E-state index contributed by atoms with van der Waals surface area (Å²) in [7, 11) is 0. The number of aromatic nitrogens is 3. The van der Waals surface area contributed by atoms with E-state index in [1.807, 2.05) is 32.0 Å². The Labute approximate surface area is 258 Å². The van der Waals surface area contributed by atoms with Crippen LogP contribution in [-0.2, 0) is 6.42 Å². The first kappa shape index (κ1) is 29.3.